The second kappa shape index (κ2) is 5.54. The number of benzene rings is 2. The normalized spacial score (nSPS) is 12.5. The summed E-state index contributed by atoms with van der Waals surface area (Å²) in [5, 5.41) is 3.33. The standard InChI is InChI=1S/C17H20FN/c1-11-5-6-12(2)15(9-11)17(19-4)14-7-8-16(18)13(3)10-14/h5-10,17,19H,1-4H3. The predicted octanol–water partition coefficient (Wildman–Crippen LogP) is 4.06. The van der Waals surface area contributed by atoms with Gasteiger partial charge in [-0.2, -0.15) is 0 Å². The molecular formula is C17H20FN. The van der Waals surface area contributed by atoms with Crippen molar-refractivity contribution in [3.8, 4) is 0 Å². The van der Waals surface area contributed by atoms with E-state index in [4.69, 9.17) is 0 Å². The number of hydrogen-bond donors (Lipinski definition) is 1. The average molecular weight is 257 g/mol. The molecule has 0 fully saturated rings. The topological polar surface area (TPSA) is 12.0 Å². The molecule has 0 aliphatic carbocycles. The zero-order valence-corrected chi connectivity index (χ0v) is 11.9. The molecule has 0 bridgehead atoms. The van der Waals surface area contributed by atoms with Crippen molar-refractivity contribution in [2.24, 2.45) is 0 Å². The first-order valence-electron chi connectivity index (χ1n) is 6.53. The van der Waals surface area contributed by atoms with Crippen LogP contribution in [0.5, 0.6) is 0 Å². The molecular weight excluding hydrogens is 237 g/mol. The highest BCUT2D eigenvalue weighted by Crippen LogP contribution is 2.26. The number of aryl methyl sites for hydroxylation is 3. The molecule has 2 aromatic rings. The van der Waals surface area contributed by atoms with E-state index in [-0.39, 0.29) is 11.9 Å². The van der Waals surface area contributed by atoms with Crippen LogP contribution in [0.4, 0.5) is 4.39 Å². The van der Waals surface area contributed by atoms with Crippen molar-refractivity contribution in [3.05, 3.63) is 70.0 Å². The van der Waals surface area contributed by atoms with Gasteiger partial charge in [-0.1, -0.05) is 35.9 Å². The summed E-state index contributed by atoms with van der Waals surface area (Å²) in [7, 11) is 1.94. The van der Waals surface area contributed by atoms with Gasteiger partial charge < -0.3 is 5.32 Å². The van der Waals surface area contributed by atoms with Crippen molar-refractivity contribution in [2.75, 3.05) is 7.05 Å². The molecule has 100 valence electrons. The van der Waals surface area contributed by atoms with E-state index in [1.165, 1.54) is 16.7 Å². The van der Waals surface area contributed by atoms with Crippen LogP contribution in [0, 0.1) is 26.6 Å². The average Bonchev–Trinajstić information content (AvgIpc) is 2.38. The van der Waals surface area contributed by atoms with E-state index in [1.54, 1.807) is 13.0 Å². The van der Waals surface area contributed by atoms with Gasteiger partial charge in [-0.15, -0.1) is 0 Å². The largest absolute Gasteiger partial charge is 0.309 e. The highest BCUT2D eigenvalue weighted by Gasteiger charge is 2.15. The van der Waals surface area contributed by atoms with Gasteiger partial charge in [0.25, 0.3) is 0 Å². The molecule has 0 aliphatic heterocycles. The number of hydrogen-bond acceptors (Lipinski definition) is 1. The zero-order chi connectivity index (χ0) is 14.0. The lowest BCUT2D eigenvalue weighted by Gasteiger charge is -2.20. The summed E-state index contributed by atoms with van der Waals surface area (Å²) < 4.78 is 13.4. The molecule has 0 amide bonds. The van der Waals surface area contributed by atoms with Crippen LogP contribution >= 0.6 is 0 Å². The Hall–Kier alpha value is -1.67. The molecule has 0 aromatic heterocycles. The van der Waals surface area contributed by atoms with Crippen molar-refractivity contribution in [1.82, 2.24) is 5.32 Å². The second-order valence-electron chi connectivity index (χ2n) is 5.09. The third kappa shape index (κ3) is 2.85. The van der Waals surface area contributed by atoms with E-state index < -0.39 is 0 Å². The smallest absolute Gasteiger partial charge is 0.126 e. The highest BCUT2D eigenvalue weighted by atomic mass is 19.1. The van der Waals surface area contributed by atoms with E-state index in [2.05, 4.69) is 37.4 Å². The van der Waals surface area contributed by atoms with E-state index in [0.717, 1.165) is 5.56 Å². The Kier molecular flexibility index (Phi) is 4.01. The Morgan fingerprint density at radius 1 is 0.947 bits per heavy atom. The van der Waals surface area contributed by atoms with Gasteiger partial charge in [0.15, 0.2) is 0 Å². The zero-order valence-electron chi connectivity index (χ0n) is 11.9. The van der Waals surface area contributed by atoms with Gasteiger partial charge in [0.05, 0.1) is 6.04 Å². The van der Waals surface area contributed by atoms with Gasteiger partial charge in [-0.25, -0.2) is 4.39 Å². The van der Waals surface area contributed by atoms with Gasteiger partial charge in [0.2, 0.25) is 0 Å². The van der Waals surface area contributed by atoms with Gasteiger partial charge >= 0.3 is 0 Å². The second-order valence-corrected chi connectivity index (χ2v) is 5.09. The Bertz CT molecular complexity index is 590. The monoisotopic (exact) mass is 257 g/mol. The molecule has 0 saturated heterocycles. The summed E-state index contributed by atoms with van der Waals surface area (Å²) in [6, 6.07) is 11.8. The minimum Gasteiger partial charge on any atom is -0.309 e. The van der Waals surface area contributed by atoms with Gasteiger partial charge in [-0.05, 0) is 56.1 Å². The molecule has 2 aromatic carbocycles. The van der Waals surface area contributed by atoms with Crippen LogP contribution in [0.1, 0.15) is 33.9 Å². The van der Waals surface area contributed by atoms with Crippen molar-refractivity contribution >= 4 is 0 Å². The van der Waals surface area contributed by atoms with Gasteiger partial charge in [-0.3, -0.25) is 0 Å². The predicted molar refractivity (Wildman–Crippen MR) is 78.0 cm³/mol. The lowest BCUT2D eigenvalue weighted by atomic mass is 9.93. The van der Waals surface area contributed by atoms with Crippen molar-refractivity contribution < 1.29 is 4.39 Å². The fourth-order valence-corrected chi connectivity index (χ4v) is 2.42. The lowest BCUT2D eigenvalue weighted by Crippen LogP contribution is -2.19. The minimum absolute atomic E-state index is 0.0965. The van der Waals surface area contributed by atoms with Crippen LogP contribution in [-0.2, 0) is 0 Å². The fraction of sp³-hybridized carbons (Fsp3) is 0.294. The van der Waals surface area contributed by atoms with Crippen LogP contribution in [0.3, 0.4) is 0 Å². The molecule has 0 saturated carbocycles. The molecule has 1 N–H and O–H groups in total. The Morgan fingerprint density at radius 2 is 1.68 bits per heavy atom. The first kappa shape index (κ1) is 13.8. The van der Waals surface area contributed by atoms with E-state index >= 15 is 0 Å². The molecule has 1 nitrogen and oxygen atoms in total. The molecule has 1 atom stereocenters. The Balaban J connectivity index is 2.49. The summed E-state index contributed by atoms with van der Waals surface area (Å²) in [5.41, 5.74) is 5.50. The van der Waals surface area contributed by atoms with Crippen LogP contribution in [0.2, 0.25) is 0 Å². The summed E-state index contributed by atoms with van der Waals surface area (Å²) in [4.78, 5) is 0. The van der Waals surface area contributed by atoms with Gasteiger partial charge in [0.1, 0.15) is 5.82 Å². The fourth-order valence-electron chi connectivity index (χ4n) is 2.42. The number of rotatable bonds is 3. The molecule has 0 aliphatic rings. The Morgan fingerprint density at radius 3 is 2.32 bits per heavy atom. The molecule has 1 unspecified atom stereocenters. The van der Waals surface area contributed by atoms with E-state index in [1.807, 2.05) is 19.2 Å². The first-order valence-corrected chi connectivity index (χ1v) is 6.53. The minimum atomic E-state index is -0.153. The maximum absolute atomic E-state index is 13.4. The molecule has 0 radical (unpaired) electrons. The summed E-state index contributed by atoms with van der Waals surface area (Å²) in [6.07, 6.45) is 0. The third-order valence-electron chi connectivity index (χ3n) is 3.55. The lowest BCUT2D eigenvalue weighted by molar-refractivity contribution is 0.613. The molecule has 0 heterocycles. The van der Waals surface area contributed by atoms with Gasteiger partial charge in [0, 0.05) is 0 Å². The number of nitrogens with one attached hydrogen (secondary N) is 1. The van der Waals surface area contributed by atoms with Crippen molar-refractivity contribution in [1.29, 1.82) is 0 Å². The molecule has 19 heavy (non-hydrogen) atoms. The first-order chi connectivity index (χ1) is 9.02. The number of halogens is 1. The van der Waals surface area contributed by atoms with E-state index in [0.29, 0.717) is 5.56 Å². The van der Waals surface area contributed by atoms with Crippen molar-refractivity contribution in [3.63, 3.8) is 0 Å². The SMILES string of the molecule is CNC(c1ccc(F)c(C)c1)c1cc(C)ccc1C. The summed E-state index contributed by atoms with van der Waals surface area (Å²) >= 11 is 0. The maximum Gasteiger partial charge on any atom is 0.126 e. The summed E-state index contributed by atoms with van der Waals surface area (Å²) in [5.74, 6) is -0.153. The molecule has 2 rings (SSSR count). The quantitative estimate of drug-likeness (QED) is 0.874. The summed E-state index contributed by atoms with van der Waals surface area (Å²) in [6.45, 7) is 6.00. The highest BCUT2D eigenvalue weighted by molar-refractivity contribution is 5.40. The third-order valence-corrected chi connectivity index (χ3v) is 3.55. The maximum atomic E-state index is 13.4. The van der Waals surface area contributed by atoms with Crippen LogP contribution in [0.25, 0.3) is 0 Å². The van der Waals surface area contributed by atoms with Crippen molar-refractivity contribution in [2.45, 2.75) is 26.8 Å². The van der Waals surface area contributed by atoms with E-state index in [9.17, 15) is 4.39 Å². The molecule has 2 heteroatoms. The Labute approximate surface area is 114 Å². The van der Waals surface area contributed by atoms with Crippen LogP contribution < -0.4 is 5.32 Å². The van der Waals surface area contributed by atoms with Crippen LogP contribution in [0.15, 0.2) is 36.4 Å². The van der Waals surface area contributed by atoms with Crippen LogP contribution in [-0.4, -0.2) is 7.05 Å². The molecule has 0 spiro atoms.